The van der Waals surface area contributed by atoms with Gasteiger partial charge in [0.15, 0.2) is 0 Å². The van der Waals surface area contributed by atoms with Crippen molar-refractivity contribution in [1.82, 2.24) is 4.90 Å². The van der Waals surface area contributed by atoms with Crippen LogP contribution in [0.2, 0.25) is 0 Å². The van der Waals surface area contributed by atoms with Gasteiger partial charge in [-0.25, -0.2) is 0 Å². The molecule has 0 aliphatic carbocycles. The molecule has 19 heavy (non-hydrogen) atoms. The van der Waals surface area contributed by atoms with Gasteiger partial charge in [-0.3, -0.25) is 4.90 Å². The molecule has 0 aliphatic heterocycles. The zero-order valence-electron chi connectivity index (χ0n) is 12.3. The van der Waals surface area contributed by atoms with E-state index in [9.17, 15) is 0 Å². The van der Waals surface area contributed by atoms with Crippen LogP contribution < -0.4 is 5.73 Å². The van der Waals surface area contributed by atoms with Crippen molar-refractivity contribution in [3.8, 4) is 0 Å². The molecule has 0 aliphatic rings. The van der Waals surface area contributed by atoms with Crippen LogP contribution in [-0.4, -0.2) is 37.2 Å². The average Bonchev–Trinajstić information content (AvgIpc) is 2.33. The van der Waals surface area contributed by atoms with Gasteiger partial charge in [0.25, 0.3) is 0 Å². The maximum atomic E-state index is 6.23. The summed E-state index contributed by atoms with van der Waals surface area (Å²) < 4.78 is 6.31. The van der Waals surface area contributed by atoms with Crippen molar-refractivity contribution in [2.24, 2.45) is 5.73 Å². The van der Waals surface area contributed by atoms with E-state index in [2.05, 4.69) is 59.8 Å². The van der Waals surface area contributed by atoms with Gasteiger partial charge in [0.05, 0.1) is 12.6 Å². The molecule has 1 rings (SSSR count). The van der Waals surface area contributed by atoms with E-state index in [4.69, 9.17) is 10.5 Å². The molecule has 0 aromatic heterocycles. The van der Waals surface area contributed by atoms with Crippen molar-refractivity contribution in [3.05, 3.63) is 34.3 Å². The Morgan fingerprint density at radius 2 is 2.00 bits per heavy atom. The molecular weight excluding hydrogens is 304 g/mol. The molecule has 2 N–H and O–H groups in total. The number of nitrogens with zero attached hydrogens (tertiary/aromatic N) is 1. The van der Waals surface area contributed by atoms with E-state index >= 15 is 0 Å². The van der Waals surface area contributed by atoms with E-state index in [0.29, 0.717) is 6.04 Å². The summed E-state index contributed by atoms with van der Waals surface area (Å²) in [5.74, 6) is 0. The highest BCUT2D eigenvalue weighted by Gasteiger charge is 2.26. The predicted octanol–water partition coefficient (Wildman–Crippen LogP) is 3.19. The van der Waals surface area contributed by atoms with E-state index in [1.807, 2.05) is 6.07 Å². The molecule has 0 spiro atoms. The molecule has 4 heteroatoms. The van der Waals surface area contributed by atoms with Gasteiger partial charge in [0.1, 0.15) is 0 Å². The van der Waals surface area contributed by atoms with E-state index in [1.54, 1.807) is 7.11 Å². The number of hydrogen-bond acceptors (Lipinski definition) is 3. The van der Waals surface area contributed by atoms with Crippen LogP contribution in [0.25, 0.3) is 0 Å². The minimum atomic E-state index is 0.0635. The second-order valence-electron chi connectivity index (χ2n) is 5.18. The summed E-state index contributed by atoms with van der Waals surface area (Å²) >= 11 is 3.53. The van der Waals surface area contributed by atoms with E-state index in [-0.39, 0.29) is 12.1 Å². The first-order valence-corrected chi connectivity index (χ1v) is 7.52. The van der Waals surface area contributed by atoms with Crippen molar-refractivity contribution >= 4 is 15.9 Å². The van der Waals surface area contributed by atoms with Crippen LogP contribution in [0, 0.1) is 0 Å². The highest BCUT2D eigenvalue weighted by Crippen LogP contribution is 2.27. The molecule has 3 nitrogen and oxygen atoms in total. The fourth-order valence-electron chi connectivity index (χ4n) is 2.40. The Hall–Kier alpha value is -0.420. The summed E-state index contributed by atoms with van der Waals surface area (Å²) in [6, 6.07) is 9.07. The van der Waals surface area contributed by atoms with E-state index < -0.39 is 0 Å². The Kier molecular flexibility index (Phi) is 7.00. The summed E-state index contributed by atoms with van der Waals surface area (Å²) in [6.07, 6.45) is 0. The van der Waals surface area contributed by atoms with Crippen LogP contribution in [0.15, 0.2) is 28.7 Å². The number of nitrogens with two attached hydrogens (primary N) is 1. The molecule has 0 saturated carbocycles. The van der Waals surface area contributed by atoms with Gasteiger partial charge in [0.2, 0.25) is 0 Å². The summed E-state index contributed by atoms with van der Waals surface area (Å²) in [5, 5.41) is 0. The lowest BCUT2D eigenvalue weighted by atomic mass is 9.98. The second kappa shape index (κ2) is 8.00. The van der Waals surface area contributed by atoms with E-state index in [1.165, 1.54) is 5.56 Å². The largest absolute Gasteiger partial charge is 0.383 e. The zero-order chi connectivity index (χ0) is 14.4. The fraction of sp³-hybridized carbons (Fsp3) is 0.600. The van der Waals surface area contributed by atoms with Crippen LogP contribution >= 0.6 is 15.9 Å². The maximum absolute atomic E-state index is 6.23. The number of ether oxygens (including phenoxy) is 1. The smallest absolute Gasteiger partial charge is 0.0590 e. The fourth-order valence-corrected chi connectivity index (χ4v) is 2.82. The third kappa shape index (κ3) is 4.88. The molecule has 2 unspecified atom stereocenters. The third-order valence-electron chi connectivity index (χ3n) is 3.26. The molecule has 0 radical (unpaired) electrons. The quantitative estimate of drug-likeness (QED) is 0.835. The number of rotatable bonds is 7. The minimum Gasteiger partial charge on any atom is -0.383 e. The molecule has 0 bridgehead atoms. The molecule has 0 saturated heterocycles. The zero-order valence-corrected chi connectivity index (χ0v) is 13.9. The maximum Gasteiger partial charge on any atom is 0.0590 e. The Bertz CT molecular complexity index is 382. The summed E-state index contributed by atoms with van der Waals surface area (Å²) in [4.78, 5) is 2.40. The van der Waals surface area contributed by atoms with Crippen LogP contribution in [0.4, 0.5) is 0 Å². The Morgan fingerprint density at radius 1 is 1.32 bits per heavy atom. The normalized spacial score (nSPS) is 14.9. The molecule has 1 aromatic rings. The topological polar surface area (TPSA) is 38.5 Å². The van der Waals surface area contributed by atoms with Gasteiger partial charge in [-0.1, -0.05) is 28.1 Å². The minimum absolute atomic E-state index is 0.0635. The van der Waals surface area contributed by atoms with Crippen LogP contribution in [0.1, 0.15) is 32.4 Å². The third-order valence-corrected chi connectivity index (χ3v) is 3.76. The summed E-state index contributed by atoms with van der Waals surface area (Å²) in [5.41, 5.74) is 7.48. The standard InChI is InChI=1S/C15H25BrN2O/c1-11(2)18(8-9-19-4)15(12(3)17)13-6-5-7-14(16)10-13/h5-7,10-12,15H,8-9,17H2,1-4H3. The lowest BCUT2D eigenvalue weighted by molar-refractivity contribution is 0.0863. The molecule has 0 fully saturated rings. The van der Waals surface area contributed by atoms with Gasteiger partial charge >= 0.3 is 0 Å². The molecule has 1 aromatic carbocycles. The highest BCUT2D eigenvalue weighted by molar-refractivity contribution is 9.10. The molecule has 0 amide bonds. The SMILES string of the molecule is COCCN(C(C)C)C(c1cccc(Br)c1)C(C)N. The monoisotopic (exact) mass is 328 g/mol. The Labute approximate surface area is 125 Å². The van der Waals surface area contributed by atoms with Gasteiger partial charge in [-0.05, 0) is 38.5 Å². The first-order chi connectivity index (χ1) is 8.97. The first kappa shape index (κ1) is 16.6. The van der Waals surface area contributed by atoms with Gasteiger partial charge < -0.3 is 10.5 Å². The van der Waals surface area contributed by atoms with Crippen molar-refractivity contribution in [2.75, 3.05) is 20.3 Å². The van der Waals surface area contributed by atoms with Gasteiger partial charge in [-0.2, -0.15) is 0 Å². The van der Waals surface area contributed by atoms with Crippen molar-refractivity contribution in [1.29, 1.82) is 0 Å². The lowest BCUT2D eigenvalue weighted by Gasteiger charge is -2.37. The number of benzene rings is 1. The van der Waals surface area contributed by atoms with E-state index in [0.717, 1.165) is 17.6 Å². The molecule has 0 heterocycles. The number of hydrogen-bond donors (Lipinski definition) is 1. The Balaban J connectivity index is 3.03. The Morgan fingerprint density at radius 3 is 2.47 bits per heavy atom. The van der Waals surface area contributed by atoms with Crippen molar-refractivity contribution < 1.29 is 4.74 Å². The molecule has 2 atom stereocenters. The molecule has 108 valence electrons. The van der Waals surface area contributed by atoms with Gasteiger partial charge in [-0.15, -0.1) is 0 Å². The average molecular weight is 329 g/mol. The number of halogens is 1. The second-order valence-corrected chi connectivity index (χ2v) is 6.10. The van der Waals surface area contributed by atoms with Crippen LogP contribution in [-0.2, 0) is 4.74 Å². The van der Waals surface area contributed by atoms with Crippen molar-refractivity contribution in [3.63, 3.8) is 0 Å². The highest BCUT2D eigenvalue weighted by atomic mass is 79.9. The van der Waals surface area contributed by atoms with Crippen LogP contribution in [0.3, 0.4) is 0 Å². The summed E-state index contributed by atoms with van der Waals surface area (Å²) in [6.45, 7) is 8.06. The number of methoxy groups -OCH3 is 1. The molecular formula is C15H25BrN2O. The van der Waals surface area contributed by atoms with Gasteiger partial charge in [0, 0.05) is 30.2 Å². The summed E-state index contributed by atoms with van der Waals surface area (Å²) in [7, 11) is 1.73. The first-order valence-electron chi connectivity index (χ1n) is 6.73. The lowest BCUT2D eigenvalue weighted by Crippen LogP contribution is -2.44. The van der Waals surface area contributed by atoms with Crippen LogP contribution in [0.5, 0.6) is 0 Å². The van der Waals surface area contributed by atoms with Crippen molar-refractivity contribution in [2.45, 2.75) is 38.9 Å². The predicted molar refractivity (Wildman–Crippen MR) is 84.3 cm³/mol.